The summed E-state index contributed by atoms with van der Waals surface area (Å²) in [6, 6.07) is 13.5. The Bertz CT molecular complexity index is 1130. The molecule has 0 saturated carbocycles. The molecule has 0 spiro atoms. The zero-order valence-electron chi connectivity index (χ0n) is 16.9. The molecule has 2 N–H and O–H groups in total. The number of hydrogen-bond donors (Lipinski definition) is 2. The average molecular weight is 485 g/mol. The van der Waals surface area contributed by atoms with Gasteiger partial charge in [0.15, 0.2) is 0 Å². The number of aryl methyl sites for hydroxylation is 1. The third kappa shape index (κ3) is 2.18. The summed E-state index contributed by atoms with van der Waals surface area (Å²) >= 11 is 2.64. The second-order valence-corrected chi connectivity index (χ2v) is 10.2. The molecule has 0 unspecified atom stereocenters. The van der Waals surface area contributed by atoms with E-state index in [1.807, 2.05) is 0 Å². The van der Waals surface area contributed by atoms with Crippen LogP contribution in [-0.4, -0.2) is 16.7 Å². The van der Waals surface area contributed by atoms with E-state index in [-0.39, 0.29) is 17.4 Å². The first-order valence-electron chi connectivity index (χ1n) is 10.5. The zero-order valence-corrected chi connectivity index (χ0v) is 19.1. The van der Waals surface area contributed by atoms with E-state index in [4.69, 9.17) is 0 Å². The van der Waals surface area contributed by atoms with Crippen LogP contribution in [0.3, 0.4) is 0 Å². The van der Waals surface area contributed by atoms with Crippen molar-refractivity contribution in [1.29, 1.82) is 0 Å². The number of allylic oxidation sites excluding steroid dienone is 2. The van der Waals surface area contributed by atoms with Crippen LogP contribution in [-0.2, 0) is 11.8 Å². The summed E-state index contributed by atoms with van der Waals surface area (Å²) in [7, 11) is 0. The van der Waals surface area contributed by atoms with Crippen LogP contribution in [0.4, 0.5) is 0 Å². The largest absolute Gasteiger partial charge is 0.396 e. The fourth-order valence-corrected chi connectivity index (χ4v) is 7.94. The fourth-order valence-electron chi connectivity index (χ4n) is 6.30. The Hall–Kier alpha value is -1.33. The van der Waals surface area contributed by atoms with Gasteiger partial charge < -0.3 is 10.1 Å². The van der Waals surface area contributed by atoms with Crippen molar-refractivity contribution in [3.63, 3.8) is 0 Å². The molecule has 3 aromatic rings. The molecular weight excluding hydrogens is 457 g/mol. The first-order chi connectivity index (χ1) is 13.4. The molecule has 0 fully saturated rings. The van der Waals surface area contributed by atoms with Crippen LogP contribution in [0.15, 0.2) is 45.6 Å². The molecule has 0 radical (unpaired) electrons. The monoisotopic (exact) mass is 485 g/mol. The second kappa shape index (κ2) is 6.33. The summed E-state index contributed by atoms with van der Waals surface area (Å²) in [5.74, 6) is 0.574. The van der Waals surface area contributed by atoms with E-state index in [9.17, 15) is 5.11 Å². The summed E-state index contributed by atoms with van der Waals surface area (Å²) in [5, 5.41) is 12.4. The van der Waals surface area contributed by atoms with Gasteiger partial charge in [0.2, 0.25) is 0 Å². The van der Waals surface area contributed by atoms with Crippen molar-refractivity contribution in [1.82, 2.24) is 4.98 Å². The SMILES string of the molecule is CC1=C(I)[C@@]2(CCCO)c3cc4c(cc3CC[C@@]2(C)[C@@H]1C)[nH]c1ccccc14. The number of aromatic nitrogens is 1. The minimum Gasteiger partial charge on any atom is -0.396 e. The Morgan fingerprint density at radius 1 is 1.18 bits per heavy atom. The van der Waals surface area contributed by atoms with E-state index in [1.165, 1.54) is 42.9 Å². The lowest BCUT2D eigenvalue weighted by atomic mass is 9.52. The smallest absolute Gasteiger partial charge is 0.0467 e. The van der Waals surface area contributed by atoms with Crippen LogP contribution >= 0.6 is 22.6 Å². The van der Waals surface area contributed by atoms with Crippen LogP contribution in [0.25, 0.3) is 21.8 Å². The molecule has 3 atom stereocenters. The van der Waals surface area contributed by atoms with E-state index in [0.717, 1.165) is 19.3 Å². The number of aliphatic hydroxyl groups is 1. The van der Waals surface area contributed by atoms with Crippen LogP contribution in [0, 0.1) is 11.3 Å². The highest BCUT2D eigenvalue weighted by Gasteiger charge is 2.60. The summed E-state index contributed by atoms with van der Waals surface area (Å²) < 4.78 is 1.52. The van der Waals surface area contributed by atoms with Gasteiger partial charge >= 0.3 is 0 Å². The van der Waals surface area contributed by atoms with Gasteiger partial charge in [0, 0.05) is 37.4 Å². The molecule has 0 saturated heterocycles. The van der Waals surface area contributed by atoms with E-state index >= 15 is 0 Å². The van der Waals surface area contributed by atoms with Crippen molar-refractivity contribution in [2.24, 2.45) is 11.3 Å². The number of rotatable bonds is 3. The quantitative estimate of drug-likeness (QED) is 0.401. The number of para-hydroxylation sites is 1. The average Bonchev–Trinajstić information content (AvgIpc) is 3.13. The minimum absolute atomic E-state index is 0.0277. The summed E-state index contributed by atoms with van der Waals surface area (Å²) in [6.45, 7) is 7.52. The summed E-state index contributed by atoms with van der Waals surface area (Å²) in [6.07, 6.45) is 4.23. The first kappa shape index (κ1) is 18.7. The predicted molar refractivity (Wildman–Crippen MR) is 126 cm³/mol. The number of benzene rings is 2. The maximum Gasteiger partial charge on any atom is 0.0467 e. The van der Waals surface area contributed by atoms with Gasteiger partial charge in [-0.2, -0.15) is 0 Å². The van der Waals surface area contributed by atoms with Gasteiger partial charge in [-0.1, -0.05) is 37.6 Å². The fraction of sp³-hybridized carbons (Fsp3) is 0.440. The van der Waals surface area contributed by atoms with Crippen molar-refractivity contribution in [2.75, 3.05) is 6.61 Å². The Labute approximate surface area is 180 Å². The van der Waals surface area contributed by atoms with Gasteiger partial charge in [0.05, 0.1) is 0 Å². The highest BCUT2D eigenvalue weighted by Crippen LogP contribution is 2.68. The minimum atomic E-state index is 0.0277. The van der Waals surface area contributed by atoms with Crippen LogP contribution < -0.4 is 0 Å². The molecule has 2 aliphatic carbocycles. The van der Waals surface area contributed by atoms with Crippen molar-refractivity contribution < 1.29 is 5.11 Å². The third-order valence-corrected chi connectivity index (χ3v) is 9.89. The van der Waals surface area contributed by atoms with Crippen LogP contribution in [0.2, 0.25) is 0 Å². The molecular formula is C25H28INO. The van der Waals surface area contributed by atoms with Gasteiger partial charge in [0.1, 0.15) is 0 Å². The molecule has 2 aromatic carbocycles. The Morgan fingerprint density at radius 3 is 2.75 bits per heavy atom. The van der Waals surface area contributed by atoms with E-state index < -0.39 is 0 Å². The Morgan fingerprint density at radius 2 is 1.96 bits per heavy atom. The van der Waals surface area contributed by atoms with Crippen molar-refractivity contribution in [3.8, 4) is 0 Å². The normalized spacial score (nSPS) is 29.5. The molecule has 3 heteroatoms. The number of fused-ring (bicyclic) bond motifs is 6. The Kier molecular flexibility index (Phi) is 4.23. The molecule has 146 valence electrons. The maximum absolute atomic E-state index is 9.72. The topological polar surface area (TPSA) is 36.0 Å². The maximum atomic E-state index is 9.72. The van der Waals surface area contributed by atoms with Crippen LogP contribution in [0.1, 0.15) is 51.2 Å². The molecule has 0 amide bonds. The van der Waals surface area contributed by atoms with Crippen molar-refractivity contribution in [3.05, 3.63) is 56.7 Å². The molecule has 2 nitrogen and oxygen atoms in total. The Balaban J connectivity index is 1.85. The summed E-state index contributed by atoms with van der Waals surface area (Å²) in [5.41, 5.74) is 7.27. The predicted octanol–water partition coefficient (Wildman–Crippen LogP) is 6.64. The number of halogens is 1. The highest BCUT2D eigenvalue weighted by atomic mass is 127. The number of H-pyrrole nitrogens is 1. The van der Waals surface area contributed by atoms with E-state index in [0.29, 0.717) is 5.92 Å². The van der Waals surface area contributed by atoms with Crippen molar-refractivity contribution >= 4 is 44.4 Å². The van der Waals surface area contributed by atoms with Gasteiger partial charge in [-0.3, -0.25) is 0 Å². The number of aliphatic hydroxyl groups excluding tert-OH is 1. The van der Waals surface area contributed by atoms with Gasteiger partial charge in [-0.15, -0.1) is 0 Å². The molecule has 0 bridgehead atoms. The molecule has 0 aliphatic heterocycles. The lowest BCUT2D eigenvalue weighted by Gasteiger charge is -2.52. The lowest BCUT2D eigenvalue weighted by Crippen LogP contribution is -2.47. The molecule has 5 rings (SSSR count). The van der Waals surface area contributed by atoms with Gasteiger partial charge in [-0.25, -0.2) is 0 Å². The molecule has 1 aromatic heterocycles. The lowest BCUT2D eigenvalue weighted by molar-refractivity contribution is 0.102. The third-order valence-electron chi connectivity index (χ3n) is 8.11. The van der Waals surface area contributed by atoms with Gasteiger partial charge in [0.25, 0.3) is 0 Å². The zero-order chi connectivity index (χ0) is 19.7. The standard InChI is InChI=1S/C25H28INO/c1-15-16(2)24(3)11-9-17-13-22-19(18-7-4-5-8-21(18)27-22)14-20(17)25(24,23(15)26)10-6-12-28/h4-5,7-8,13-14,16,27-28H,6,9-12H2,1-3H3/t16-,24+,25-/m1/s1. The molecule has 2 aliphatic rings. The van der Waals surface area contributed by atoms with Crippen molar-refractivity contribution in [2.45, 2.75) is 51.9 Å². The number of aromatic amines is 1. The van der Waals surface area contributed by atoms with Crippen LogP contribution in [0.5, 0.6) is 0 Å². The van der Waals surface area contributed by atoms with E-state index in [2.05, 4.69) is 84.7 Å². The number of nitrogens with one attached hydrogen (secondary N) is 1. The number of hydrogen-bond acceptors (Lipinski definition) is 1. The summed E-state index contributed by atoms with van der Waals surface area (Å²) in [4.78, 5) is 3.63. The second-order valence-electron chi connectivity index (χ2n) is 9.09. The molecule has 28 heavy (non-hydrogen) atoms. The highest BCUT2D eigenvalue weighted by molar-refractivity contribution is 14.1. The van der Waals surface area contributed by atoms with E-state index in [1.54, 1.807) is 5.57 Å². The van der Waals surface area contributed by atoms with Gasteiger partial charge in [-0.05, 0) is 95.9 Å². The molecule has 1 heterocycles. The first-order valence-corrected chi connectivity index (χ1v) is 11.5.